The first-order valence-corrected chi connectivity index (χ1v) is 6.00. The number of imidazole rings is 1. The minimum absolute atomic E-state index is 0.194. The molecule has 6 nitrogen and oxygen atoms in total. The fourth-order valence-electron chi connectivity index (χ4n) is 2.12. The average Bonchev–Trinajstić information content (AvgIpc) is 3.05. The van der Waals surface area contributed by atoms with Gasteiger partial charge in [-0.05, 0) is 24.7 Å². The van der Waals surface area contributed by atoms with Crippen molar-refractivity contribution in [2.24, 2.45) is 5.41 Å². The summed E-state index contributed by atoms with van der Waals surface area (Å²) in [5.41, 5.74) is 6.37. The quantitative estimate of drug-likeness (QED) is 0.767. The molecule has 1 aliphatic carbocycles. The van der Waals surface area contributed by atoms with Gasteiger partial charge in [-0.1, -0.05) is 0 Å². The first-order valence-electron chi connectivity index (χ1n) is 6.00. The maximum atomic E-state index is 11.4. The van der Waals surface area contributed by atoms with E-state index in [-0.39, 0.29) is 11.1 Å². The second-order valence-electron chi connectivity index (χ2n) is 4.84. The summed E-state index contributed by atoms with van der Waals surface area (Å²) in [6, 6.07) is 0. The zero-order valence-electron chi connectivity index (χ0n) is 10.8. The number of ether oxygens (including phenoxy) is 2. The highest BCUT2D eigenvalue weighted by Gasteiger charge is 2.42. The van der Waals surface area contributed by atoms with Crippen molar-refractivity contribution < 1.29 is 14.3 Å². The monoisotopic (exact) mass is 253 g/mol. The Hall–Kier alpha value is -1.56. The van der Waals surface area contributed by atoms with Gasteiger partial charge in [0.25, 0.3) is 0 Å². The fourth-order valence-corrected chi connectivity index (χ4v) is 2.12. The Labute approximate surface area is 106 Å². The molecule has 18 heavy (non-hydrogen) atoms. The van der Waals surface area contributed by atoms with Crippen LogP contribution in [0.4, 0.5) is 5.82 Å². The summed E-state index contributed by atoms with van der Waals surface area (Å²) in [4.78, 5) is 15.4. The SMILES string of the molecule is COCCC1(Cn2cnc(C(=O)OC)c2N)CC1. The van der Waals surface area contributed by atoms with Gasteiger partial charge >= 0.3 is 5.97 Å². The van der Waals surface area contributed by atoms with Gasteiger partial charge in [-0.2, -0.15) is 0 Å². The predicted octanol–water partition coefficient (Wildman–Crippen LogP) is 1.07. The van der Waals surface area contributed by atoms with E-state index in [0.29, 0.717) is 5.82 Å². The van der Waals surface area contributed by atoms with Crippen molar-refractivity contribution in [3.8, 4) is 0 Å². The first-order chi connectivity index (χ1) is 8.62. The highest BCUT2D eigenvalue weighted by atomic mass is 16.5. The Morgan fingerprint density at radius 3 is 2.83 bits per heavy atom. The van der Waals surface area contributed by atoms with E-state index in [9.17, 15) is 4.79 Å². The van der Waals surface area contributed by atoms with Gasteiger partial charge in [0.05, 0.1) is 13.4 Å². The van der Waals surface area contributed by atoms with Gasteiger partial charge in [0.1, 0.15) is 5.82 Å². The van der Waals surface area contributed by atoms with Crippen LogP contribution in [-0.2, 0) is 16.0 Å². The fraction of sp³-hybridized carbons (Fsp3) is 0.667. The van der Waals surface area contributed by atoms with Crippen LogP contribution in [0.2, 0.25) is 0 Å². The van der Waals surface area contributed by atoms with Gasteiger partial charge in [-0.15, -0.1) is 0 Å². The molecule has 2 N–H and O–H groups in total. The van der Waals surface area contributed by atoms with E-state index >= 15 is 0 Å². The van der Waals surface area contributed by atoms with Crippen LogP contribution in [0.1, 0.15) is 29.8 Å². The second-order valence-corrected chi connectivity index (χ2v) is 4.84. The van der Waals surface area contributed by atoms with E-state index in [1.165, 1.54) is 20.0 Å². The molecule has 0 atom stereocenters. The van der Waals surface area contributed by atoms with Crippen molar-refractivity contribution in [3.05, 3.63) is 12.0 Å². The molecule has 0 unspecified atom stereocenters. The second kappa shape index (κ2) is 4.97. The van der Waals surface area contributed by atoms with E-state index in [4.69, 9.17) is 10.5 Å². The molecular formula is C12H19N3O3. The Morgan fingerprint density at radius 1 is 1.56 bits per heavy atom. The number of nitrogen functional groups attached to an aromatic ring is 1. The lowest BCUT2D eigenvalue weighted by Gasteiger charge is -2.16. The smallest absolute Gasteiger partial charge is 0.360 e. The Bertz CT molecular complexity index is 438. The number of methoxy groups -OCH3 is 2. The van der Waals surface area contributed by atoms with Crippen molar-refractivity contribution in [2.75, 3.05) is 26.6 Å². The summed E-state index contributed by atoms with van der Waals surface area (Å²) in [5, 5.41) is 0. The van der Waals surface area contributed by atoms with Crippen LogP contribution in [-0.4, -0.2) is 36.3 Å². The lowest BCUT2D eigenvalue weighted by molar-refractivity contribution is 0.0596. The number of nitrogens with two attached hydrogens (primary N) is 1. The van der Waals surface area contributed by atoms with Crippen molar-refractivity contribution >= 4 is 11.8 Å². The van der Waals surface area contributed by atoms with Crippen LogP contribution in [0.25, 0.3) is 0 Å². The van der Waals surface area contributed by atoms with Crippen LogP contribution in [0.3, 0.4) is 0 Å². The number of hydrogen-bond acceptors (Lipinski definition) is 5. The molecule has 0 bridgehead atoms. The maximum absolute atomic E-state index is 11.4. The van der Waals surface area contributed by atoms with E-state index in [1.54, 1.807) is 13.4 Å². The molecule has 1 fully saturated rings. The van der Waals surface area contributed by atoms with Gasteiger partial charge in [0, 0.05) is 20.3 Å². The molecule has 6 heteroatoms. The molecule has 0 aromatic carbocycles. The number of rotatable bonds is 6. The third kappa shape index (κ3) is 2.48. The van der Waals surface area contributed by atoms with Gasteiger partial charge in [0.15, 0.2) is 5.69 Å². The number of nitrogens with zero attached hydrogens (tertiary/aromatic N) is 2. The number of carbonyl (C=O) groups excluding carboxylic acids is 1. The highest BCUT2D eigenvalue weighted by Crippen LogP contribution is 2.50. The molecule has 1 aromatic heterocycles. The minimum atomic E-state index is -0.493. The van der Waals surface area contributed by atoms with Crippen molar-refractivity contribution in [1.29, 1.82) is 0 Å². The van der Waals surface area contributed by atoms with Gasteiger partial charge in [-0.25, -0.2) is 9.78 Å². The summed E-state index contributed by atoms with van der Waals surface area (Å²) >= 11 is 0. The first kappa shape index (κ1) is 12.9. The molecule has 100 valence electrons. The molecule has 0 saturated heterocycles. The minimum Gasteiger partial charge on any atom is -0.464 e. The lowest BCUT2D eigenvalue weighted by atomic mass is 10.0. The summed E-state index contributed by atoms with van der Waals surface area (Å²) in [6.45, 7) is 1.53. The molecule has 0 spiro atoms. The number of hydrogen-bond donors (Lipinski definition) is 1. The van der Waals surface area contributed by atoms with Crippen molar-refractivity contribution in [1.82, 2.24) is 9.55 Å². The normalized spacial score (nSPS) is 16.6. The molecule has 1 aromatic rings. The number of esters is 1. The van der Waals surface area contributed by atoms with Gasteiger partial charge in [0.2, 0.25) is 0 Å². The number of anilines is 1. The molecule has 2 rings (SSSR count). The summed E-state index contributed by atoms with van der Waals surface area (Å²) in [7, 11) is 3.03. The summed E-state index contributed by atoms with van der Waals surface area (Å²) < 4.78 is 11.6. The molecule has 1 heterocycles. The Kier molecular flexibility index (Phi) is 3.56. The molecule has 0 amide bonds. The number of aromatic nitrogens is 2. The molecule has 0 aliphatic heterocycles. The molecule has 1 saturated carbocycles. The van der Waals surface area contributed by atoms with E-state index in [0.717, 1.165) is 19.6 Å². The van der Waals surface area contributed by atoms with Crippen LogP contribution < -0.4 is 5.73 Å². The van der Waals surface area contributed by atoms with E-state index < -0.39 is 5.97 Å². The molecule has 1 aliphatic rings. The lowest BCUT2D eigenvalue weighted by Crippen LogP contribution is -2.16. The summed E-state index contributed by atoms with van der Waals surface area (Å²) in [6.07, 6.45) is 4.95. The largest absolute Gasteiger partial charge is 0.464 e. The van der Waals surface area contributed by atoms with Crippen molar-refractivity contribution in [3.63, 3.8) is 0 Å². The zero-order chi connectivity index (χ0) is 13.2. The summed E-state index contributed by atoms with van der Waals surface area (Å²) in [5.74, 6) is -0.112. The highest BCUT2D eigenvalue weighted by molar-refractivity contribution is 5.92. The van der Waals surface area contributed by atoms with E-state index in [2.05, 4.69) is 9.72 Å². The third-order valence-corrected chi connectivity index (χ3v) is 3.56. The van der Waals surface area contributed by atoms with E-state index in [1.807, 2.05) is 4.57 Å². The van der Waals surface area contributed by atoms with Crippen LogP contribution in [0.15, 0.2) is 6.33 Å². The third-order valence-electron chi connectivity index (χ3n) is 3.56. The standard InChI is InChI=1S/C12H19N3O3/c1-17-6-5-12(3-4-12)7-15-8-14-9(10(15)13)11(16)18-2/h8H,3-7,13H2,1-2H3. The topological polar surface area (TPSA) is 79.4 Å². The number of carbonyl (C=O) groups is 1. The van der Waals surface area contributed by atoms with Crippen LogP contribution in [0, 0.1) is 5.41 Å². The zero-order valence-corrected chi connectivity index (χ0v) is 10.8. The average molecular weight is 253 g/mol. The van der Waals surface area contributed by atoms with Gasteiger partial charge < -0.3 is 19.8 Å². The Balaban J connectivity index is 2.06. The molecule has 0 radical (unpaired) electrons. The van der Waals surface area contributed by atoms with Crippen LogP contribution >= 0.6 is 0 Å². The van der Waals surface area contributed by atoms with Crippen molar-refractivity contribution in [2.45, 2.75) is 25.8 Å². The molecular weight excluding hydrogens is 234 g/mol. The predicted molar refractivity (Wildman–Crippen MR) is 66.1 cm³/mol. The van der Waals surface area contributed by atoms with Gasteiger partial charge in [-0.3, -0.25) is 0 Å². The van der Waals surface area contributed by atoms with Crippen LogP contribution in [0.5, 0.6) is 0 Å². The maximum Gasteiger partial charge on any atom is 0.360 e. The Morgan fingerprint density at radius 2 is 2.28 bits per heavy atom.